The molecule has 0 saturated heterocycles. The Morgan fingerprint density at radius 3 is 2.15 bits per heavy atom. The molecule has 0 bridgehead atoms. The molecular formula is C17H18ClNO. The minimum Gasteiger partial charge on any atom is -0.347 e. The summed E-state index contributed by atoms with van der Waals surface area (Å²) in [6, 6.07) is 15.1. The van der Waals surface area contributed by atoms with Gasteiger partial charge >= 0.3 is 0 Å². The van der Waals surface area contributed by atoms with Gasteiger partial charge < -0.3 is 5.32 Å². The molecule has 2 rings (SSSR count). The molecule has 0 spiro atoms. The zero-order valence-corrected chi connectivity index (χ0v) is 12.7. The minimum absolute atomic E-state index is 0.0665. The van der Waals surface area contributed by atoms with Crippen LogP contribution >= 0.6 is 11.6 Å². The summed E-state index contributed by atoms with van der Waals surface area (Å²) in [6.45, 7) is 5.88. The van der Waals surface area contributed by atoms with Crippen molar-refractivity contribution < 1.29 is 4.79 Å². The fourth-order valence-electron chi connectivity index (χ4n) is 1.91. The topological polar surface area (TPSA) is 29.1 Å². The number of hydrogen-bond donors (Lipinski definition) is 1. The maximum Gasteiger partial charge on any atom is 0.251 e. The second-order valence-electron chi connectivity index (χ2n) is 5.76. The van der Waals surface area contributed by atoms with Gasteiger partial charge in [0.1, 0.15) is 0 Å². The van der Waals surface area contributed by atoms with Gasteiger partial charge in [0.05, 0.1) is 0 Å². The lowest BCUT2D eigenvalue weighted by molar-refractivity contribution is 0.0919. The Morgan fingerprint density at radius 1 is 1.00 bits per heavy atom. The van der Waals surface area contributed by atoms with Crippen molar-refractivity contribution in [2.24, 2.45) is 0 Å². The molecule has 0 aliphatic heterocycles. The zero-order chi connectivity index (χ0) is 14.8. The SMILES string of the molecule is CC(C)(C)NC(=O)c1ccc(-c2ccccc2Cl)cc1. The normalized spacial score (nSPS) is 11.2. The van der Waals surface area contributed by atoms with Gasteiger partial charge in [-0.25, -0.2) is 0 Å². The number of halogens is 1. The standard InChI is InChI=1S/C17H18ClNO/c1-17(2,3)19-16(20)13-10-8-12(9-11-13)14-6-4-5-7-15(14)18/h4-11H,1-3H3,(H,19,20). The molecule has 0 unspecified atom stereocenters. The van der Waals surface area contributed by atoms with Gasteiger partial charge in [0.15, 0.2) is 0 Å². The third-order valence-electron chi connectivity index (χ3n) is 2.82. The van der Waals surface area contributed by atoms with Crippen LogP contribution in [-0.2, 0) is 0 Å². The second-order valence-corrected chi connectivity index (χ2v) is 6.17. The van der Waals surface area contributed by atoms with E-state index in [1.54, 1.807) is 0 Å². The fraction of sp³-hybridized carbons (Fsp3) is 0.235. The molecule has 104 valence electrons. The van der Waals surface area contributed by atoms with Crippen molar-refractivity contribution in [3.63, 3.8) is 0 Å². The highest BCUT2D eigenvalue weighted by atomic mass is 35.5. The van der Waals surface area contributed by atoms with Gasteiger partial charge in [0.2, 0.25) is 0 Å². The smallest absolute Gasteiger partial charge is 0.251 e. The summed E-state index contributed by atoms with van der Waals surface area (Å²) in [4.78, 5) is 12.0. The molecule has 3 heteroatoms. The maximum atomic E-state index is 12.0. The van der Waals surface area contributed by atoms with E-state index in [0.717, 1.165) is 11.1 Å². The first-order valence-electron chi connectivity index (χ1n) is 6.54. The molecule has 0 aliphatic rings. The molecule has 0 radical (unpaired) electrons. The Labute approximate surface area is 124 Å². The van der Waals surface area contributed by atoms with Gasteiger partial charge in [-0.3, -0.25) is 4.79 Å². The quantitative estimate of drug-likeness (QED) is 0.863. The van der Waals surface area contributed by atoms with Crippen LogP contribution in [0.2, 0.25) is 5.02 Å². The highest BCUT2D eigenvalue weighted by Crippen LogP contribution is 2.27. The Kier molecular flexibility index (Phi) is 4.15. The average Bonchev–Trinajstić information content (AvgIpc) is 2.37. The van der Waals surface area contributed by atoms with Gasteiger partial charge in [-0.2, -0.15) is 0 Å². The Morgan fingerprint density at radius 2 is 1.60 bits per heavy atom. The van der Waals surface area contributed by atoms with Crippen LogP contribution in [0.25, 0.3) is 11.1 Å². The first-order chi connectivity index (χ1) is 9.37. The van der Waals surface area contributed by atoms with E-state index in [2.05, 4.69) is 5.32 Å². The van der Waals surface area contributed by atoms with Crippen LogP contribution in [0.3, 0.4) is 0 Å². The predicted molar refractivity (Wildman–Crippen MR) is 84.1 cm³/mol. The lowest BCUT2D eigenvalue weighted by atomic mass is 10.0. The minimum atomic E-state index is -0.238. The van der Waals surface area contributed by atoms with Crippen molar-refractivity contribution in [1.29, 1.82) is 0 Å². The number of hydrogen-bond acceptors (Lipinski definition) is 1. The predicted octanol–water partition coefficient (Wildman–Crippen LogP) is 4.54. The van der Waals surface area contributed by atoms with Crippen molar-refractivity contribution in [3.05, 3.63) is 59.1 Å². The first kappa shape index (κ1) is 14.6. The third kappa shape index (κ3) is 3.61. The van der Waals surface area contributed by atoms with E-state index in [1.807, 2.05) is 69.3 Å². The molecule has 0 saturated carbocycles. The van der Waals surface area contributed by atoms with Crippen molar-refractivity contribution in [2.45, 2.75) is 26.3 Å². The van der Waals surface area contributed by atoms with Crippen LogP contribution in [0.5, 0.6) is 0 Å². The number of carbonyl (C=O) groups is 1. The van der Waals surface area contributed by atoms with Gasteiger partial charge in [-0.15, -0.1) is 0 Å². The summed E-state index contributed by atoms with van der Waals surface area (Å²) in [5.74, 6) is -0.0665. The van der Waals surface area contributed by atoms with Crippen LogP contribution in [0, 0.1) is 0 Å². The molecule has 0 aliphatic carbocycles. The Bertz CT molecular complexity index is 612. The summed E-state index contributed by atoms with van der Waals surface area (Å²) in [5.41, 5.74) is 2.38. The number of carbonyl (C=O) groups excluding carboxylic acids is 1. The van der Waals surface area contributed by atoms with Gasteiger partial charge in [0.25, 0.3) is 5.91 Å². The van der Waals surface area contributed by atoms with Crippen LogP contribution < -0.4 is 5.32 Å². The maximum absolute atomic E-state index is 12.0. The van der Waals surface area contributed by atoms with E-state index in [4.69, 9.17) is 11.6 Å². The molecule has 0 aromatic heterocycles. The number of benzene rings is 2. The van der Waals surface area contributed by atoms with E-state index in [9.17, 15) is 4.79 Å². The van der Waals surface area contributed by atoms with Crippen molar-refractivity contribution in [2.75, 3.05) is 0 Å². The molecular weight excluding hydrogens is 270 g/mol. The molecule has 2 aromatic carbocycles. The number of nitrogens with one attached hydrogen (secondary N) is 1. The summed E-state index contributed by atoms with van der Waals surface area (Å²) < 4.78 is 0. The van der Waals surface area contributed by atoms with Crippen molar-refractivity contribution >= 4 is 17.5 Å². The first-order valence-corrected chi connectivity index (χ1v) is 6.92. The summed E-state index contributed by atoms with van der Waals surface area (Å²) >= 11 is 6.17. The van der Waals surface area contributed by atoms with Crippen LogP contribution in [0.4, 0.5) is 0 Å². The van der Waals surface area contributed by atoms with Gasteiger partial charge in [-0.05, 0) is 44.5 Å². The lowest BCUT2D eigenvalue weighted by Crippen LogP contribution is -2.40. The van der Waals surface area contributed by atoms with E-state index < -0.39 is 0 Å². The van der Waals surface area contributed by atoms with E-state index >= 15 is 0 Å². The van der Waals surface area contributed by atoms with E-state index in [0.29, 0.717) is 10.6 Å². The van der Waals surface area contributed by atoms with E-state index in [1.165, 1.54) is 0 Å². The molecule has 0 heterocycles. The van der Waals surface area contributed by atoms with Crippen molar-refractivity contribution in [1.82, 2.24) is 5.32 Å². The highest BCUT2D eigenvalue weighted by molar-refractivity contribution is 6.33. The van der Waals surface area contributed by atoms with Crippen LogP contribution in [0.1, 0.15) is 31.1 Å². The van der Waals surface area contributed by atoms with Crippen LogP contribution in [0.15, 0.2) is 48.5 Å². The summed E-state index contributed by atoms with van der Waals surface area (Å²) in [6.07, 6.45) is 0. The average molecular weight is 288 g/mol. The fourth-order valence-corrected chi connectivity index (χ4v) is 2.15. The lowest BCUT2D eigenvalue weighted by Gasteiger charge is -2.20. The molecule has 1 N–H and O–H groups in total. The Balaban J connectivity index is 2.23. The Hall–Kier alpha value is -1.80. The molecule has 20 heavy (non-hydrogen) atoms. The highest BCUT2D eigenvalue weighted by Gasteiger charge is 2.15. The molecule has 0 atom stereocenters. The van der Waals surface area contributed by atoms with Gasteiger partial charge in [0, 0.05) is 21.7 Å². The zero-order valence-electron chi connectivity index (χ0n) is 11.9. The molecule has 1 amide bonds. The van der Waals surface area contributed by atoms with Gasteiger partial charge in [-0.1, -0.05) is 41.9 Å². The van der Waals surface area contributed by atoms with Crippen LogP contribution in [-0.4, -0.2) is 11.4 Å². The number of amides is 1. The number of rotatable bonds is 2. The molecule has 2 nitrogen and oxygen atoms in total. The summed E-state index contributed by atoms with van der Waals surface area (Å²) in [7, 11) is 0. The molecule has 2 aromatic rings. The van der Waals surface area contributed by atoms with Crippen molar-refractivity contribution in [3.8, 4) is 11.1 Å². The second kappa shape index (κ2) is 5.68. The molecule has 0 fully saturated rings. The third-order valence-corrected chi connectivity index (χ3v) is 3.15. The monoisotopic (exact) mass is 287 g/mol. The largest absolute Gasteiger partial charge is 0.347 e. The van der Waals surface area contributed by atoms with E-state index in [-0.39, 0.29) is 11.4 Å². The summed E-state index contributed by atoms with van der Waals surface area (Å²) in [5, 5.41) is 3.65.